The fraction of sp³-hybridized carbons (Fsp3) is 0.100. The Hall–Kier alpha value is -2.85. The molecule has 0 atom stereocenters. The van der Waals surface area contributed by atoms with Gasteiger partial charge in [-0.05, 0) is 41.1 Å². The van der Waals surface area contributed by atoms with Gasteiger partial charge < -0.3 is 9.88 Å². The summed E-state index contributed by atoms with van der Waals surface area (Å²) >= 11 is 5.95. The molecule has 0 spiro atoms. The smallest absolute Gasteiger partial charge is 0.258 e. The Morgan fingerprint density at radius 1 is 1.04 bits per heavy atom. The van der Waals surface area contributed by atoms with Crippen molar-refractivity contribution in [2.24, 2.45) is 0 Å². The molecule has 0 saturated carbocycles. The average Bonchev–Trinajstić information content (AvgIpc) is 2.62. The van der Waals surface area contributed by atoms with Crippen LogP contribution in [-0.2, 0) is 6.54 Å². The first-order valence-electron chi connectivity index (χ1n) is 7.98. The second-order valence-corrected chi connectivity index (χ2v) is 6.50. The van der Waals surface area contributed by atoms with Crippen LogP contribution in [0.1, 0.15) is 5.82 Å². The predicted octanol–water partition coefficient (Wildman–Crippen LogP) is 4.37. The second-order valence-electron chi connectivity index (χ2n) is 6.06. The maximum Gasteiger partial charge on any atom is 0.258 e. The maximum atomic E-state index is 12.3. The zero-order valence-corrected chi connectivity index (χ0v) is 14.4. The van der Waals surface area contributed by atoms with Gasteiger partial charge in [0.1, 0.15) is 5.82 Å². The van der Waals surface area contributed by atoms with Crippen LogP contribution in [0, 0.1) is 0 Å². The predicted molar refractivity (Wildman–Crippen MR) is 103 cm³/mol. The van der Waals surface area contributed by atoms with Crippen LogP contribution >= 0.6 is 11.6 Å². The van der Waals surface area contributed by atoms with Gasteiger partial charge in [-0.2, -0.15) is 0 Å². The second kappa shape index (κ2) is 6.22. The molecule has 5 heteroatoms. The largest absolute Gasteiger partial charge is 0.367 e. The van der Waals surface area contributed by atoms with Gasteiger partial charge in [0.05, 0.1) is 17.4 Å². The summed E-state index contributed by atoms with van der Waals surface area (Å²) in [6, 6.07) is 19.7. The molecule has 0 saturated heterocycles. The summed E-state index contributed by atoms with van der Waals surface area (Å²) in [6.07, 6.45) is 0. The number of anilines is 1. The van der Waals surface area contributed by atoms with Gasteiger partial charge in [0.2, 0.25) is 0 Å². The van der Waals surface area contributed by atoms with Crippen molar-refractivity contribution in [3.8, 4) is 0 Å². The fourth-order valence-corrected chi connectivity index (χ4v) is 3.14. The molecule has 3 aromatic carbocycles. The van der Waals surface area contributed by atoms with Crippen LogP contribution in [-0.4, -0.2) is 17.0 Å². The van der Waals surface area contributed by atoms with E-state index in [2.05, 4.69) is 45.2 Å². The number of H-pyrrole nitrogens is 1. The van der Waals surface area contributed by atoms with E-state index in [9.17, 15) is 4.79 Å². The van der Waals surface area contributed by atoms with Crippen molar-refractivity contribution in [3.05, 3.63) is 81.9 Å². The molecule has 0 unspecified atom stereocenters. The van der Waals surface area contributed by atoms with Crippen molar-refractivity contribution in [2.45, 2.75) is 6.54 Å². The molecule has 4 aromatic rings. The summed E-state index contributed by atoms with van der Waals surface area (Å²) in [7, 11) is 1.98. The number of aromatic nitrogens is 2. The third kappa shape index (κ3) is 3.08. The van der Waals surface area contributed by atoms with Crippen LogP contribution < -0.4 is 10.5 Å². The van der Waals surface area contributed by atoms with Gasteiger partial charge in [0.25, 0.3) is 5.56 Å². The lowest BCUT2D eigenvalue weighted by molar-refractivity contribution is 0.841. The lowest BCUT2D eigenvalue weighted by Crippen LogP contribution is -2.21. The molecule has 0 aliphatic carbocycles. The minimum absolute atomic E-state index is 0.172. The summed E-state index contributed by atoms with van der Waals surface area (Å²) in [4.78, 5) is 21.7. The first kappa shape index (κ1) is 15.7. The van der Waals surface area contributed by atoms with Crippen molar-refractivity contribution in [1.82, 2.24) is 9.97 Å². The highest BCUT2D eigenvalue weighted by Gasteiger charge is 2.08. The van der Waals surface area contributed by atoms with E-state index < -0.39 is 0 Å². The molecular formula is C20H16ClN3O. The monoisotopic (exact) mass is 349 g/mol. The van der Waals surface area contributed by atoms with Gasteiger partial charge in [-0.1, -0.05) is 41.9 Å². The van der Waals surface area contributed by atoms with E-state index in [4.69, 9.17) is 11.6 Å². The Kier molecular flexibility index (Phi) is 3.90. The molecule has 4 rings (SSSR count). The molecule has 25 heavy (non-hydrogen) atoms. The van der Waals surface area contributed by atoms with Gasteiger partial charge in [-0.15, -0.1) is 0 Å². The van der Waals surface area contributed by atoms with Crippen molar-refractivity contribution in [1.29, 1.82) is 0 Å². The summed E-state index contributed by atoms with van der Waals surface area (Å²) in [5.74, 6) is 0.621. The van der Waals surface area contributed by atoms with Crippen LogP contribution in [0.25, 0.3) is 21.7 Å². The average molecular weight is 350 g/mol. The first-order valence-corrected chi connectivity index (χ1v) is 8.36. The topological polar surface area (TPSA) is 49.0 Å². The number of halogens is 1. The lowest BCUT2D eigenvalue weighted by Gasteiger charge is -2.19. The number of nitrogens with one attached hydrogen (secondary N) is 1. The molecule has 0 aliphatic heterocycles. The van der Waals surface area contributed by atoms with Gasteiger partial charge >= 0.3 is 0 Å². The highest BCUT2D eigenvalue weighted by atomic mass is 35.5. The molecular weight excluding hydrogens is 334 g/mol. The quantitative estimate of drug-likeness (QED) is 0.597. The molecule has 4 nitrogen and oxygen atoms in total. The molecule has 0 amide bonds. The number of hydrogen-bond acceptors (Lipinski definition) is 3. The SMILES string of the molecule is CN(Cc1nc2ccc(Cl)cc2c(=O)[nH]1)c1ccc2ccccc2c1. The van der Waals surface area contributed by atoms with E-state index in [0.29, 0.717) is 28.3 Å². The highest BCUT2D eigenvalue weighted by Crippen LogP contribution is 2.22. The van der Waals surface area contributed by atoms with Gasteiger partial charge in [0.15, 0.2) is 0 Å². The van der Waals surface area contributed by atoms with Gasteiger partial charge in [0, 0.05) is 17.8 Å². The Bertz CT molecular complexity index is 1140. The van der Waals surface area contributed by atoms with E-state index in [1.54, 1.807) is 18.2 Å². The minimum Gasteiger partial charge on any atom is -0.367 e. The molecule has 1 N–H and O–H groups in total. The van der Waals surface area contributed by atoms with Crippen molar-refractivity contribution >= 4 is 39.0 Å². The molecule has 0 bridgehead atoms. The fourth-order valence-electron chi connectivity index (χ4n) is 2.96. The van der Waals surface area contributed by atoms with Crippen LogP contribution in [0.5, 0.6) is 0 Å². The summed E-state index contributed by atoms with van der Waals surface area (Å²) in [5, 5.41) is 3.42. The zero-order valence-electron chi connectivity index (χ0n) is 13.7. The number of aromatic amines is 1. The van der Waals surface area contributed by atoms with E-state index >= 15 is 0 Å². The van der Waals surface area contributed by atoms with Gasteiger partial charge in [-0.3, -0.25) is 4.79 Å². The highest BCUT2D eigenvalue weighted by molar-refractivity contribution is 6.31. The number of rotatable bonds is 3. The Balaban J connectivity index is 1.67. The Morgan fingerprint density at radius 2 is 1.84 bits per heavy atom. The molecule has 0 aliphatic rings. The molecule has 0 fully saturated rings. The summed E-state index contributed by atoms with van der Waals surface area (Å²) < 4.78 is 0. The standard InChI is InChI=1S/C20H16ClN3O/c1-24(16-8-6-13-4-2-3-5-14(13)10-16)12-19-22-18-9-7-15(21)11-17(18)20(25)23-19/h2-11H,12H2,1H3,(H,22,23,25). The van der Waals surface area contributed by atoms with Crippen molar-refractivity contribution in [3.63, 3.8) is 0 Å². The third-order valence-corrected chi connectivity index (χ3v) is 4.51. The van der Waals surface area contributed by atoms with E-state index in [0.717, 1.165) is 5.69 Å². The Morgan fingerprint density at radius 3 is 2.68 bits per heavy atom. The van der Waals surface area contributed by atoms with Crippen LogP contribution in [0.3, 0.4) is 0 Å². The molecule has 124 valence electrons. The van der Waals surface area contributed by atoms with E-state index in [1.807, 2.05) is 19.2 Å². The minimum atomic E-state index is -0.172. The number of fused-ring (bicyclic) bond motifs is 2. The van der Waals surface area contributed by atoms with Crippen molar-refractivity contribution in [2.75, 3.05) is 11.9 Å². The number of nitrogens with zero attached hydrogens (tertiary/aromatic N) is 2. The normalized spacial score (nSPS) is 11.1. The van der Waals surface area contributed by atoms with Crippen LogP contribution in [0.2, 0.25) is 5.02 Å². The summed E-state index contributed by atoms with van der Waals surface area (Å²) in [6.45, 7) is 0.506. The number of benzene rings is 3. The van der Waals surface area contributed by atoms with E-state index in [-0.39, 0.29) is 5.56 Å². The van der Waals surface area contributed by atoms with E-state index in [1.165, 1.54) is 10.8 Å². The van der Waals surface area contributed by atoms with Gasteiger partial charge in [-0.25, -0.2) is 4.98 Å². The van der Waals surface area contributed by atoms with Crippen LogP contribution in [0.15, 0.2) is 65.5 Å². The molecule has 1 aromatic heterocycles. The molecule has 0 radical (unpaired) electrons. The maximum absolute atomic E-state index is 12.3. The summed E-state index contributed by atoms with van der Waals surface area (Å²) in [5.41, 5.74) is 1.54. The number of hydrogen-bond donors (Lipinski definition) is 1. The zero-order chi connectivity index (χ0) is 17.4. The Labute approximate surface area is 149 Å². The van der Waals surface area contributed by atoms with Crippen molar-refractivity contribution < 1.29 is 0 Å². The third-order valence-electron chi connectivity index (χ3n) is 4.28. The lowest BCUT2D eigenvalue weighted by atomic mass is 10.1. The first-order chi connectivity index (χ1) is 12.1. The molecule has 1 heterocycles. The van der Waals surface area contributed by atoms with Crippen LogP contribution in [0.4, 0.5) is 5.69 Å².